The third-order valence-corrected chi connectivity index (χ3v) is 5.41. The summed E-state index contributed by atoms with van der Waals surface area (Å²) in [5.41, 5.74) is 5.84. The number of nitrogens with zero attached hydrogens (tertiary/aromatic N) is 4. The van der Waals surface area contributed by atoms with Crippen molar-refractivity contribution in [3.8, 4) is 5.75 Å². The van der Waals surface area contributed by atoms with Crippen molar-refractivity contribution in [3.05, 3.63) is 64.4 Å². The molecule has 154 valence electrons. The van der Waals surface area contributed by atoms with Gasteiger partial charge in [-0.15, -0.1) is 0 Å². The van der Waals surface area contributed by atoms with Crippen LogP contribution in [0.4, 0.5) is 5.82 Å². The van der Waals surface area contributed by atoms with Gasteiger partial charge in [0.25, 0.3) is 0 Å². The Hall–Kier alpha value is -2.89. The molecule has 29 heavy (non-hydrogen) atoms. The van der Waals surface area contributed by atoms with Gasteiger partial charge in [0, 0.05) is 30.8 Å². The van der Waals surface area contributed by atoms with Crippen LogP contribution >= 0.6 is 0 Å². The molecule has 0 unspecified atom stereocenters. The van der Waals surface area contributed by atoms with Crippen LogP contribution in [0.25, 0.3) is 0 Å². The number of aryl methyl sites for hydroxylation is 2. The number of anilines is 1. The molecule has 3 aromatic rings. The average molecular weight is 394 g/mol. The molecule has 0 fully saturated rings. The van der Waals surface area contributed by atoms with Gasteiger partial charge in [-0.2, -0.15) is 5.10 Å². The highest BCUT2D eigenvalue weighted by Crippen LogP contribution is 2.21. The van der Waals surface area contributed by atoms with Crippen LogP contribution in [-0.4, -0.2) is 33.4 Å². The smallest absolute Gasteiger partial charge is 0.129 e. The number of ether oxygens (including phenoxy) is 1. The molecule has 6 nitrogen and oxygen atoms in total. The van der Waals surface area contributed by atoms with Crippen LogP contribution in [0.3, 0.4) is 0 Å². The number of aromatic nitrogens is 4. The predicted octanol–water partition coefficient (Wildman–Crippen LogP) is 4.37. The minimum atomic E-state index is 0.244. The Balaban J connectivity index is 1.66. The molecule has 1 atom stereocenters. The summed E-state index contributed by atoms with van der Waals surface area (Å²) >= 11 is 0. The summed E-state index contributed by atoms with van der Waals surface area (Å²) in [4.78, 5) is 9.22. The first kappa shape index (κ1) is 20.8. The van der Waals surface area contributed by atoms with E-state index in [1.54, 1.807) is 7.11 Å². The Morgan fingerprint density at radius 1 is 1.10 bits per heavy atom. The highest BCUT2D eigenvalue weighted by molar-refractivity contribution is 5.38. The fourth-order valence-electron chi connectivity index (χ4n) is 3.41. The molecule has 2 aromatic heterocycles. The van der Waals surface area contributed by atoms with Gasteiger partial charge in [-0.1, -0.05) is 19.1 Å². The predicted molar refractivity (Wildman–Crippen MR) is 117 cm³/mol. The maximum Gasteiger partial charge on any atom is 0.129 e. The second kappa shape index (κ2) is 9.07. The van der Waals surface area contributed by atoms with E-state index in [-0.39, 0.29) is 5.92 Å². The summed E-state index contributed by atoms with van der Waals surface area (Å²) in [6.07, 6.45) is 0.899. The van der Waals surface area contributed by atoms with E-state index >= 15 is 0 Å². The number of rotatable bonds is 8. The van der Waals surface area contributed by atoms with Gasteiger partial charge in [0.05, 0.1) is 18.5 Å². The van der Waals surface area contributed by atoms with Crippen molar-refractivity contribution in [3.63, 3.8) is 0 Å². The van der Waals surface area contributed by atoms with E-state index in [2.05, 4.69) is 71.0 Å². The van der Waals surface area contributed by atoms with Crippen molar-refractivity contribution in [1.82, 2.24) is 19.7 Å². The third-order valence-electron chi connectivity index (χ3n) is 5.41. The van der Waals surface area contributed by atoms with Gasteiger partial charge in [-0.05, 0) is 57.4 Å². The topological polar surface area (TPSA) is 64.9 Å². The quantitative estimate of drug-likeness (QED) is 0.615. The molecule has 0 spiro atoms. The molecular formula is C23H31N5O. The molecule has 1 N–H and O–H groups in total. The minimum absolute atomic E-state index is 0.244. The van der Waals surface area contributed by atoms with E-state index in [0.29, 0.717) is 0 Å². The van der Waals surface area contributed by atoms with Gasteiger partial charge < -0.3 is 10.1 Å². The van der Waals surface area contributed by atoms with E-state index in [9.17, 15) is 0 Å². The van der Waals surface area contributed by atoms with E-state index in [1.165, 1.54) is 16.8 Å². The molecular weight excluding hydrogens is 362 g/mol. The summed E-state index contributed by atoms with van der Waals surface area (Å²) in [5, 5.41) is 8.11. The van der Waals surface area contributed by atoms with E-state index in [1.807, 2.05) is 19.1 Å². The molecule has 3 rings (SSSR count). The molecule has 0 aliphatic heterocycles. The fraction of sp³-hybridized carbons (Fsp3) is 0.435. The molecule has 0 bridgehead atoms. The molecule has 0 aliphatic rings. The van der Waals surface area contributed by atoms with Gasteiger partial charge in [0.15, 0.2) is 0 Å². The average Bonchev–Trinajstić information content (AvgIpc) is 2.94. The van der Waals surface area contributed by atoms with Crippen molar-refractivity contribution in [1.29, 1.82) is 0 Å². The summed E-state index contributed by atoms with van der Waals surface area (Å²) in [7, 11) is 1.69. The number of methoxy groups -OCH3 is 1. The van der Waals surface area contributed by atoms with E-state index < -0.39 is 0 Å². The van der Waals surface area contributed by atoms with Crippen LogP contribution in [0.15, 0.2) is 30.3 Å². The molecule has 2 heterocycles. The monoisotopic (exact) mass is 393 g/mol. The molecule has 1 aromatic carbocycles. The van der Waals surface area contributed by atoms with Crippen molar-refractivity contribution in [2.75, 3.05) is 19.0 Å². The van der Waals surface area contributed by atoms with Gasteiger partial charge in [0.1, 0.15) is 17.4 Å². The maximum atomic E-state index is 5.30. The van der Waals surface area contributed by atoms with Crippen LogP contribution in [0.5, 0.6) is 5.75 Å². The molecule has 0 aliphatic carbocycles. The summed E-state index contributed by atoms with van der Waals surface area (Å²) < 4.78 is 7.38. The number of benzene rings is 1. The summed E-state index contributed by atoms with van der Waals surface area (Å²) in [6, 6.07) is 10.2. The second-order valence-corrected chi connectivity index (χ2v) is 7.63. The molecule has 0 amide bonds. The maximum absolute atomic E-state index is 5.30. The molecule has 6 heteroatoms. The zero-order valence-corrected chi connectivity index (χ0v) is 18.3. The van der Waals surface area contributed by atoms with E-state index in [0.717, 1.165) is 48.3 Å². The number of hydrogen-bond donors (Lipinski definition) is 1. The second-order valence-electron chi connectivity index (χ2n) is 7.63. The fourth-order valence-corrected chi connectivity index (χ4v) is 3.41. The lowest BCUT2D eigenvalue weighted by atomic mass is 10.1. The van der Waals surface area contributed by atoms with Crippen LogP contribution in [0.1, 0.15) is 46.9 Å². The lowest BCUT2D eigenvalue weighted by Gasteiger charge is -2.15. The van der Waals surface area contributed by atoms with Gasteiger partial charge >= 0.3 is 0 Å². The largest absolute Gasteiger partial charge is 0.497 e. The Morgan fingerprint density at radius 3 is 2.59 bits per heavy atom. The summed E-state index contributed by atoms with van der Waals surface area (Å²) in [5.74, 6) is 2.78. The highest BCUT2D eigenvalue weighted by atomic mass is 16.5. The van der Waals surface area contributed by atoms with Gasteiger partial charge in [0.2, 0.25) is 0 Å². The van der Waals surface area contributed by atoms with Crippen LogP contribution in [-0.2, 0) is 13.0 Å². The first-order chi connectivity index (χ1) is 13.9. The highest BCUT2D eigenvalue weighted by Gasteiger charge is 2.14. The number of nitrogens with one attached hydrogen (secondary N) is 1. The minimum Gasteiger partial charge on any atom is -0.497 e. The number of hydrogen-bond acceptors (Lipinski definition) is 5. The van der Waals surface area contributed by atoms with E-state index in [4.69, 9.17) is 4.74 Å². The Bertz CT molecular complexity index is 979. The van der Waals surface area contributed by atoms with Crippen LogP contribution in [0.2, 0.25) is 0 Å². The van der Waals surface area contributed by atoms with Gasteiger partial charge in [-0.3, -0.25) is 4.68 Å². The van der Waals surface area contributed by atoms with Crippen molar-refractivity contribution in [2.45, 2.75) is 53.5 Å². The first-order valence-corrected chi connectivity index (χ1v) is 10.1. The third kappa shape index (κ3) is 5.13. The van der Waals surface area contributed by atoms with Gasteiger partial charge in [-0.25, -0.2) is 9.97 Å². The van der Waals surface area contributed by atoms with Crippen molar-refractivity contribution < 1.29 is 4.74 Å². The van der Waals surface area contributed by atoms with Crippen molar-refractivity contribution in [2.24, 2.45) is 0 Å². The Morgan fingerprint density at radius 2 is 1.90 bits per heavy atom. The zero-order valence-electron chi connectivity index (χ0n) is 18.3. The Kier molecular flexibility index (Phi) is 6.52. The zero-order chi connectivity index (χ0) is 21.0. The molecule has 0 saturated carbocycles. The first-order valence-electron chi connectivity index (χ1n) is 10.1. The lowest BCUT2D eigenvalue weighted by molar-refractivity contribution is 0.414. The Labute approximate surface area is 173 Å². The molecule has 0 saturated heterocycles. The normalized spacial score (nSPS) is 12.1. The van der Waals surface area contributed by atoms with Crippen LogP contribution in [0, 0.1) is 27.7 Å². The standard InChI is InChI=1S/C23H31N5O/c1-15(14-28-18(4)16(2)17(3)27-28)22-13-23(26-19(5)25-22)24-11-10-20-8-7-9-21(12-20)29-6/h7-9,12-13,15H,10-11,14H2,1-6H3,(H,24,25,26)/t15-/m0/s1. The summed E-state index contributed by atoms with van der Waals surface area (Å²) in [6.45, 7) is 12.0. The SMILES string of the molecule is COc1cccc(CCNc2cc([C@@H](C)Cn3nc(C)c(C)c3C)nc(C)n2)c1. The van der Waals surface area contributed by atoms with Crippen molar-refractivity contribution >= 4 is 5.82 Å². The lowest BCUT2D eigenvalue weighted by Crippen LogP contribution is -2.13. The van der Waals surface area contributed by atoms with Crippen LogP contribution < -0.4 is 10.1 Å². The molecule has 0 radical (unpaired) electrons.